The van der Waals surface area contributed by atoms with E-state index in [1.54, 1.807) is 31.2 Å². The van der Waals surface area contributed by atoms with E-state index in [0.717, 1.165) is 16.7 Å². The number of rotatable bonds is 4. The third-order valence-electron chi connectivity index (χ3n) is 3.11. The predicted octanol–water partition coefficient (Wildman–Crippen LogP) is 3.72. The van der Waals surface area contributed by atoms with Gasteiger partial charge >= 0.3 is 5.97 Å². The lowest BCUT2D eigenvalue weighted by Gasteiger charge is -2.11. The summed E-state index contributed by atoms with van der Waals surface area (Å²) in [4.78, 5) is 10.9. The summed E-state index contributed by atoms with van der Waals surface area (Å²) in [6.07, 6.45) is 0. The molecular formula is C16H15FO3. The highest BCUT2D eigenvalue weighted by molar-refractivity contribution is 5.87. The van der Waals surface area contributed by atoms with Crippen LogP contribution in [0.25, 0.3) is 0 Å². The van der Waals surface area contributed by atoms with Gasteiger partial charge in [0.15, 0.2) is 0 Å². The van der Waals surface area contributed by atoms with Crippen molar-refractivity contribution in [2.24, 2.45) is 0 Å². The van der Waals surface area contributed by atoms with Crippen LogP contribution in [0.5, 0.6) is 5.75 Å². The van der Waals surface area contributed by atoms with E-state index >= 15 is 0 Å². The van der Waals surface area contributed by atoms with E-state index in [2.05, 4.69) is 0 Å². The minimum atomic E-state index is -0.949. The van der Waals surface area contributed by atoms with Crippen LogP contribution in [0, 0.1) is 19.7 Å². The van der Waals surface area contributed by atoms with Gasteiger partial charge in [0.05, 0.1) is 5.56 Å². The maximum atomic E-state index is 13.0. The van der Waals surface area contributed by atoms with Gasteiger partial charge in [0, 0.05) is 0 Å². The maximum absolute atomic E-state index is 13.0. The first-order chi connectivity index (χ1) is 9.47. The Hall–Kier alpha value is -2.36. The Labute approximate surface area is 116 Å². The molecule has 0 saturated carbocycles. The lowest BCUT2D eigenvalue weighted by molar-refractivity contribution is 0.0696. The van der Waals surface area contributed by atoms with E-state index in [1.807, 2.05) is 6.92 Å². The van der Waals surface area contributed by atoms with E-state index in [4.69, 9.17) is 9.84 Å². The molecule has 0 aliphatic heterocycles. The van der Waals surface area contributed by atoms with E-state index in [0.29, 0.717) is 12.4 Å². The van der Waals surface area contributed by atoms with Crippen LogP contribution in [0.3, 0.4) is 0 Å². The second-order valence-corrected chi connectivity index (χ2v) is 4.64. The van der Waals surface area contributed by atoms with Gasteiger partial charge in [-0.1, -0.05) is 6.07 Å². The third kappa shape index (κ3) is 3.15. The molecule has 0 aliphatic carbocycles. The molecule has 0 aliphatic rings. The number of carboxylic acids is 1. The number of benzene rings is 2. The fourth-order valence-electron chi connectivity index (χ4n) is 1.92. The summed E-state index contributed by atoms with van der Waals surface area (Å²) in [5.74, 6) is -0.625. The zero-order valence-corrected chi connectivity index (χ0v) is 11.3. The average Bonchev–Trinajstić information content (AvgIpc) is 2.38. The molecule has 2 aromatic rings. The number of carbonyl (C=O) groups is 1. The largest absolute Gasteiger partial charge is 0.489 e. The second-order valence-electron chi connectivity index (χ2n) is 4.64. The highest BCUT2D eigenvalue weighted by atomic mass is 19.1. The molecule has 0 heterocycles. The first-order valence-corrected chi connectivity index (χ1v) is 6.19. The minimum Gasteiger partial charge on any atom is -0.489 e. The molecule has 20 heavy (non-hydrogen) atoms. The Bertz CT molecular complexity index is 650. The average molecular weight is 274 g/mol. The normalized spacial score (nSPS) is 10.3. The highest BCUT2D eigenvalue weighted by Gasteiger charge is 2.07. The summed E-state index contributed by atoms with van der Waals surface area (Å²) in [5.41, 5.74) is 2.73. The summed E-state index contributed by atoms with van der Waals surface area (Å²) in [5, 5.41) is 8.90. The Kier molecular flexibility index (Phi) is 4.03. The molecule has 0 unspecified atom stereocenters. The summed E-state index contributed by atoms with van der Waals surface area (Å²) in [6.45, 7) is 3.93. The van der Waals surface area contributed by atoms with Gasteiger partial charge in [-0.15, -0.1) is 0 Å². The number of carboxylic acid groups (broad SMARTS) is 1. The number of hydrogen-bond acceptors (Lipinski definition) is 2. The lowest BCUT2D eigenvalue weighted by Crippen LogP contribution is -2.02. The van der Waals surface area contributed by atoms with Crippen molar-refractivity contribution < 1.29 is 19.0 Å². The number of ether oxygens (including phenoxy) is 1. The predicted molar refractivity (Wildman–Crippen MR) is 73.6 cm³/mol. The topological polar surface area (TPSA) is 46.5 Å². The lowest BCUT2D eigenvalue weighted by atomic mass is 10.1. The summed E-state index contributed by atoms with van der Waals surface area (Å²) >= 11 is 0. The van der Waals surface area contributed by atoms with E-state index in [1.165, 1.54) is 12.1 Å². The van der Waals surface area contributed by atoms with Gasteiger partial charge in [0.2, 0.25) is 0 Å². The van der Waals surface area contributed by atoms with Crippen LogP contribution >= 0.6 is 0 Å². The number of halogens is 1. The fourth-order valence-corrected chi connectivity index (χ4v) is 1.92. The SMILES string of the molecule is Cc1cc(C(=O)O)ccc1COc1ccc(F)cc1C. The van der Waals surface area contributed by atoms with E-state index in [9.17, 15) is 9.18 Å². The van der Waals surface area contributed by atoms with Gasteiger partial charge in [-0.05, 0) is 60.9 Å². The van der Waals surface area contributed by atoms with Gasteiger partial charge in [0.25, 0.3) is 0 Å². The van der Waals surface area contributed by atoms with Crippen molar-refractivity contribution in [1.29, 1.82) is 0 Å². The van der Waals surface area contributed by atoms with Crippen molar-refractivity contribution >= 4 is 5.97 Å². The smallest absolute Gasteiger partial charge is 0.335 e. The van der Waals surface area contributed by atoms with Crippen molar-refractivity contribution in [2.75, 3.05) is 0 Å². The monoisotopic (exact) mass is 274 g/mol. The van der Waals surface area contributed by atoms with Gasteiger partial charge in [-0.25, -0.2) is 9.18 Å². The van der Waals surface area contributed by atoms with Crippen LogP contribution in [0.15, 0.2) is 36.4 Å². The van der Waals surface area contributed by atoms with E-state index in [-0.39, 0.29) is 11.4 Å². The van der Waals surface area contributed by atoms with Crippen molar-refractivity contribution in [1.82, 2.24) is 0 Å². The molecule has 3 nitrogen and oxygen atoms in total. The zero-order chi connectivity index (χ0) is 14.7. The maximum Gasteiger partial charge on any atom is 0.335 e. The van der Waals surface area contributed by atoms with Gasteiger partial charge in [0.1, 0.15) is 18.2 Å². The molecule has 0 bridgehead atoms. The molecule has 0 saturated heterocycles. The third-order valence-corrected chi connectivity index (χ3v) is 3.11. The Balaban J connectivity index is 2.13. The first kappa shape index (κ1) is 14.1. The molecule has 104 valence electrons. The molecule has 0 aromatic heterocycles. The quantitative estimate of drug-likeness (QED) is 0.924. The van der Waals surface area contributed by atoms with Crippen LogP contribution < -0.4 is 4.74 Å². The number of aryl methyl sites for hydroxylation is 2. The minimum absolute atomic E-state index is 0.254. The number of hydrogen-bond donors (Lipinski definition) is 1. The molecule has 4 heteroatoms. The number of aromatic carboxylic acids is 1. The summed E-state index contributed by atoms with van der Waals surface area (Å²) < 4.78 is 18.6. The van der Waals surface area contributed by atoms with Crippen LogP contribution in [0.4, 0.5) is 4.39 Å². The molecule has 2 aromatic carbocycles. The molecule has 0 spiro atoms. The van der Waals surface area contributed by atoms with Crippen LogP contribution in [-0.2, 0) is 6.61 Å². The van der Waals surface area contributed by atoms with Gasteiger partial charge < -0.3 is 9.84 Å². The molecule has 0 radical (unpaired) electrons. The van der Waals surface area contributed by atoms with E-state index < -0.39 is 5.97 Å². The summed E-state index contributed by atoms with van der Waals surface area (Å²) in [7, 11) is 0. The molecule has 0 atom stereocenters. The Morgan fingerprint density at radius 3 is 2.50 bits per heavy atom. The van der Waals surface area contributed by atoms with Crippen LogP contribution in [-0.4, -0.2) is 11.1 Å². The molecule has 2 rings (SSSR count). The molecule has 0 amide bonds. The van der Waals surface area contributed by atoms with Crippen LogP contribution in [0.1, 0.15) is 27.0 Å². The Morgan fingerprint density at radius 1 is 1.15 bits per heavy atom. The standard InChI is InChI=1S/C16H15FO3/c1-10-7-12(16(18)19)3-4-13(10)9-20-15-6-5-14(17)8-11(15)2/h3-8H,9H2,1-2H3,(H,18,19). The molecule has 1 N–H and O–H groups in total. The second kappa shape index (κ2) is 5.74. The van der Waals surface area contributed by atoms with Crippen molar-refractivity contribution in [2.45, 2.75) is 20.5 Å². The molecule has 0 fully saturated rings. The van der Waals surface area contributed by atoms with Gasteiger partial charge in [-0.3, -0.25) is 0 Å². The van der Waals surface area contributed by atoms with Crippen molar-refractivity contribution in [3.05, 3.63) is 64.5 Å². The van der Waals surface area contributed by atoms with Gasteiger partial charge in [-0.2, -0.15) is 0 Å². The van der Waals surface area contributed by atoms with Crippen molar-refractivity contribution in [3.63, 3.8) is 0 Å². The zero-order valence-electron chi connectivity index (χ0n) is 11.3. The van der Waals surface area contributed by atoms with Crippen molar-refractivity contribution in [3.8, 4) is 5.75 Å². The Morgan fingerprint density at radius 2 is 1.90 bits per heavy atom. The highest BCUT2D eigenvalue weighted by Crippen LogP contribution is 2.21. The first-order valence-electron chi connectivity index (χ1n) is 6.19. The fraction of sp³-hybridized carbons (Fsp3) is 0.188. The summed E-state index contributed by atoms with van der Waals surface area (Å²) in [6, 6.07) is 9.24. The van der Waals surface area contributed by atoms with Crippen LogP contribution in [0.2, 0.25) is 0 Å². The molecular weight excluding hydrogens is 259 g/mol.